The van der Waals surface area contributed by atoms with Gasteiger partial charge in [0.2, 0.25) is 15.9 Å². The molecule has 0 aliphatic carbocycles. The Balaban J connectivity index is 2.09. The van der Waals surface area contributed by atoms with Crippen LogP contribution in [0.25, 0.3) is 0 Å². The highest BCUT2D eigenvalue weighted by atomic mass is 32.2. The number of carbonyl (C=O) groups is 1. The molecule has 2 N–H and O–H groups in total. The Bertz CT molecular complexity index is 686. The molecule has 1 aromatic carbocycles. The predicted octanol–water partition coefficient (Wildman–Crippen LogP) is 1.74. The van der Waals surface area contributed by atoms with Gasteiger partial charge >= 0.3 is 0 Å². The molecule has 0 aromatic heterocycles. The molecular formula is C17H27N3O3S. The van der Waals surface area contributed by atoms with E-state index in [2.05, 4.69) is 0 Å². The standard InChI is InChI=1S/C17H27N3O3S/c1-19(2)24(22,23)15-9-8-14-10-12-20(16(14)13-15)17(21)7-5-3-4-6-11-18/h8-9,13H,3-7,10-12,18H2,1-2H3. The van der Waals surface area contributed by atoms with Crippen molar-refractivity contribution in [2.75, 3.05) is 32.1 Å². The van der Waals surface area contributed by atoms with Gasteiger partial charge in [-0.3, -0.25) is 4.79 Å². The summed E-state index contributed by atoms with van der Waals surface area (Å²) < 4.78 is 25.8. The molecule has 0 saturated heterocycles. The van der Waals surface area contributed by atoms with Crippen LogP contribution in [0.2, 0.25) is 0 Å². The second-order valence-electron chi connectivity index (χ2n) is 6.33. The lowest BCUT2D eigenvalue weighted by Gasteiger charge is -2.19. The molecule has 1 aliphatic rings. The summed E-state index contributed by atoms with van der Waals surface area (Å²) in [5.74, 6) is 0.0703. The van der Waals surface area contributed by atoms with Crippen molar-refractivity contribution in [3.05, 3.63) is 23.8 Å². The van der Waals surface area contributed by atoms with Gasteiger partial charge in [-0.05, 0) is 43.5 Å². The molecule has 1 heterocycles. The van der Waals surface area contributed by atoms with Crippen LogP contribution in [0, 0.1) is 0 Å². The summed E-state index contributed by atoms with van der Waals surface area (Å²) in [7, 11) is -0.478. The number of nitrogens with two attached hydrogens (primary N) is 1. The van der Waals surface area contributed by atoms with Crippen LogP contribution in [0.1, 0.15) is 37.7 Å². The van der Waals surface area contributed by atoms with Crippen LogP contribution in [-0.4, -0.2) is 45.8 Å². The monoisotopic (exact) mass is 353 g/mol. The fraction of sp³-hybridized carbons (Fsp3) is 0.588. The van der Waals surface area contributed by atoms with E-state index in [-0.39, 0.29) is 10.8 Å². The minimum absolute atomic E-state index is 0.0703. The van der Waals surface area contributed by atoms with Crippen LogP contribution in [0.15, 0.2) is 23.1 Å². The zero-order chi connectivity index (χ0) is 17.7. The van der Waals surface area contributed by atoms with Gasteiger partial charge in [0.05, 0.1) is 4.90 Å². The van der Waals surface area contributed by atoms with Crippen LogP contribution in [0.3, 0.4) is 0 Å². The number of anilines is 1. The van der Waals surface area contributed by atoms with Crippen molar-refractivity contribution in [2.24, 2.45) is 5.73 Å². The number of sulfonamides is 1. The topological polar surface area (TPSA) is 83.7 Å². The van der Waals surface area contributed by atoms with Crippen molar-refractivity contribution in [2.45, 2.75) is 43.4 Å². The summed E-state index contributed by atoms with van der Waals surface area (Å²) in [5, 5.41) is 0. The van der Waals surface area contributed by atoms with Crippen molar-refractivity contribution < 1.29 is 13.2 Å². The fourth-order valence-electron chi connectivity index (χ4n) is 2.90. The lowest BCUT2D eigenvalue weighted by molar-refractivity contribution is -0.118. The van der Waals surface area contributed by atoms with Crippen LogP contribution >= 0.6 is 0 Å². The van der Waals surface area contributed by atoms with E-state index in [1.54, 1.807) is 17.0 Å². The SMILES string of the molecule is CN(C)S(=O)(=O)c1ccc2c(c1)N(C(=O)CCCCCCN)CC2. The lowest BCUT2D eigenvalue weighted by atomic mass is 10.1. The van der Waals surface area contributed by atoms with Gasteiger partial charge in [-0.15, -0.1) is 0 Å². The maximum atomic E-state index is 12.5. The van der Waals surface area contributed by atoms with E-state index in [0.717, 1.165) is 43.4 Å². The predicted molar refractivity (Wildman–Crippen MR) is 95.5 cm³/mol. The molecule has 134 valence electrons. The lowest BCUT2D eigenvalue weighted by Crippen LogP contribution is -2.29. The van der Waals surface area contributed by atoms with E-state index >= 15 is 0 Å². The summed E-state index contributed by atoms with van der Waals surface area (Å²) in [6.07, 6.45) is 5.16. The van der Waals surface area contributed by atoms with Gasteiger partial charge in [0.15, 0.2) is 0 Å². The van der Waals surface area contributed by atoms with Gasteiger partial charge in [0, 0.05) is 32.7 Å². The summed E-state index contributed by atoms with van der Waals surface area (Å²) >= 11 is 0. The number of carbonyl (C=O) groups excluding carboxylic acids is 1. The summed E-state index contributed by atoms with van der Waals surface area (Å²) in [4.78, 5) is 14.4. The molecule has 6 nitrogen and oxygen atoms in total. The van der Waals surface area contributed by atoms with E-state index in [0.29, 0.717) is 19.5 Å². The van der Waals surface area contributed by atoms with Gasteiger partial charge in [0.1, 0.15) is 0 Å². The van der Waals surface area contributed by atoms with Gasteiger partial charge in [0.25, 0.3) is 0 Å². The number of unbranched alkanes of at least 4 members (excludes halogenated alkanes) is 3. The molecule has 1 amide bonds. The molecule has 1 aliphatic heterocycles. The summed E-state index contributed by atoms with van der Waals surface area (Å²) in [6, 6.07) is 5.07. The maximum absolute atomic E-state index is 12.5. The van der Waals surface area contributed by atoms with Crippen LogP contribution in [-0.2, 0) is 21.2 Å². The molecule has 0 spiro atoms. The van der Waals surface area contributed by atoms with Crippen molar-refractivity contribution in [1.82, 2.24) is 4.31 Å². The minimum Gasteiger partial charge on any atom is -0.330 e. The molecule has 0 saturated carbocycles. The first kappa shape index (κ1) is 18.9. The highest BCUT2D eigenvalue weighted by Gasteiger charge is 2.27. The van der Waals surface area contributed by atoms with E-state index < -0.39 is 10.0 Å². The Morgan fingerprint density at radius 2 is 1.92 bits per heavy atom. The van der Waals surface area contributed by atoms with E-state index in [9.17, 15) is 13.2 Å². The average Bonchev–Trinajstić information content (AvgIpc) is 2.97. The average molecular weight is 353 g/mol. The number of hydrogen-bond donors (Lipinski definition) is 1. The zero-order valence-corrected chi connectivity index (χ0v) is 15.3. The first-order chi connectivity index (χ1) is 11.4. The largest absolute Gasteiger partial charge is 0.330 e. The highest BCUT2D eigenvalue weighted by molar-refractivity contribution is 7.89. The van der Waals surface area contributed by atoms with Gasteiger partial charge < -0.3 is 10.6 Å². The maximum Gasteiger partial charge on any atom is 0.242 e. The zero-order valence-electron chi connectivity index (χ0n) is 14.5. The molecule has 0 bridgehead atoms. The number of hydrogen-bond acceptors (Lipinski definition) is 4. The summed E-state index contributed by atoms with van der Waals surface area (Å²) in [6.45, 7) is 1.32. The number of fused-ring (bicyclic) bond motifs is 1. The molecule has 0 radical (unpaired) electrons. The molecule has 0 unspecified atom stereocenters. The second kappa shape index (κ2) is 8.09. The van der Waals surface area contributed by atoms with E-state index in [1.807, 2.05) is 6.07 Å². The molecule has 7 heteroatoms. The Morgan fingerprint density at radius 1 is 1.21 bits per heavy atom. The van der Waals surface area contributed by atoms with Crippen LogP contribution in [0.4, 0.5) is 5.69 Å². The molecule has 1 aromatic rings. The van der Waals surface area contributed by atoms with Gasteiger partial charge in [-0.25, -0.2) is 12.7 Å². The molecule has 2 rings (SSSR count). The van der Waals surface area contributed by atoms with Crippen LogP contribution in [0.5, 0.6) is 0 Å². The Hall–Kier alpha value is -1.44. The Kier molecular flexibility index (Phi) is 6.37. The Labute approximate surface area is 144 Å². The normalized spacial score (nSPS) is 14.2. The fourth-order valence-corrected chi connectivity index (χ4v) is 3.82. The van der Waals surface area contributed by atoms with E-state index in [1.165, 1.54) is 18.4 Å². The quantitative estimate of drug-likeness (QED) is 0.722. The van der Waals surface area contributed by atoms with Crippen molar-refractivity contribution in [3.8, 4) is 0 Å². The first-order valence-electron chi connectivity index (χ1n) is 8.44. The Morgan fingerprint density at radius 3 is 2.58 bits per heavy atom. The first-order valence-corrected chi connectivity index (χ1v) is 9.88. The minimum atomic E-state index is -3.49. The number of benzene rings is 1. The molecule has 24 heavy (non-hydrogen) atoms. The molecule has 0 atom stereocenters. The third kappa shape index (κ3) is 4.15. The third-order valence-electron chi connectivity index (χ3n) is 4.38. The van der Waals surface area contributed by atoms with Gasteiger partial charge in [-0.1, -0.05) is 18.9 Å². The van der Waals surface area contributed by atoms with Crippen molar-refractivity contribution >= 4 is 21.6 Å². The van der Waals surface area contributed by atoms with E-state index in [4.69, 9.17) is 5.73 Å². The number of nitrogens with zero attached hydrogens (tertiary/aromatic N) is 2. The van der Waals surface area contributed by atoms with Crippen LogP contribution < -0.4 is 10.6 Å². The third-order valence-corrected chi connectivity index (χ3v) is 6.19. The van der Waals surface area contributed by atoms with Gasteiger partial charge in [-0.2, -0.15) is 0 Å². The second-order valence-corrected chi connectivity index (χ2v) is 8.48. The molecular weight excluding hydrogens is 326 g/mol. The highest BCUT2D eigenvalue weighted by Crippen LogP contribution is 2.31. The molecule has 0 fully saturated rings. The number of rotatable bonds is 8. The number of amides is 1. The van der Waals surface area contributed by atoms with Crippen molar-refractivity contribution in [1.29, 1.82) is 0 Å². The van der Waals surface area contributed by atoms with Crippen molar-refractivity contribution in [3.63, 3.8) is 0 Å². The smallest absolute Gasteiger partial charge is 0.242 e. The summed E-state index contributed by atoms with van der Waals surface area (Å²) in [5.41, 5.74) is 7.24.